The number of nitrogens with one attached hydrogen (secondary N) is 1. The third-order valence-electron chi connectivity index (χ3n) is 4.63. The molecule has 0 amide bonds. The first-order valence-electron chi connectivity index (χ1n) is 8.48. The fourth-order valence-corrected chi connectivity index (χ4v) is 3.43. The van der Waals surface area contributed by atoms with Gasteiger partial charge in [0, 0.05) is 30.4 Å². The topological polar surface area (TPSA) is 41.2 Å². The van der Waals surface area contributed by atoms with Crippen molar-refractivity contribution < 1.29 is 9.13 Å². The molecule has 2 heterocycles. The van der Waals surface area contributed by atoms with E-state index in [9.17, 15) is 4.39 Å². The summed E-state index contributed by atoms with van der Waals surface area (Å²) in [4.78, 5) is 2.38. The van der Waals surface area contributed by atoms with Crippen LogP contribution in [0, 0.1) is 5.82 Å². The zero-order valence-corrected chi connectivity index (χ0v) is 13.9. The van der Waals surface area contributed by atoms with Gasteiger partial charge in [-0.2, -0.15) is 5.10 Å². The Bertz CT molecular complexity index is 828. The SMILES string of the molecule is Fc1ccccc1-c1cccc(C(c2cn[nH]c2)N2CCOCC2)c1. The molecule has 1 fully saturated rings. The summed E-state index contributed by atoms with van der Waals surface area (Å²) in [6.07, 6.45) is 3.78. The minimum absolute atomic E-state index is 0.0781. The lowest BCUT2D eigenvalue weighted by Gasteiger charge is -2.34. The number of ether oxygens (including phenoxy) is 1. The summed E-state index contributed by atoms with van der Waals surface area (Å²) < 4.78 is 19.7. The fraction of sp³-hybridized carbons (Fsp3) is 0.250. The molecule has 1 aliphatic rings. The molecule has 1 aliphatic heterocycles. The van der Waals surface area contributed by atoms with E-state index in [2.05, 4.69) is 27.2 Å². The van der Waals surface area contributed by atoms with Crippen LogP contribution >= 0.6 is 0 Å². The monoisotopic (exact) mass is 337 g/mol. The van der Waals surface area contributed by atoms with Gasteiger partial charge in [0.15, 0.2) is 0 Å². The number of nitrogens with zero attached hydrogens (tertiary/aromatic N) is 2. The fourth-order valence-electron chi connectivity index (χ4n) is 3.43. The molecular formula is C20H20FN3O. The van der Waals surface area contributed by atoms with Crippen LogP contribution in [0.1, 0.15) is 17.2 Å². The standard InChI is InChI=1S/C20H20FN3O/c21-19-7-2-1-6-18(19)15-4-3-5-16(12-15)20(17-13-22-23-14-17)24-8-10-25-11-9-24/h1-7,12-14,20H,8-11H2,(H,22,23). The van der Waals surface area contributed by atoms with Gasteiger partial charge in [0.2, 0.25) is 0 Å². The van der Waals surface area contributed by atoms with Crippen molar-refractivity contribution in [2.75, 3.05) is 26.3 Å². The number of morpholine rings is 1. The third-order valence-corrected chi connectivity index (χ3v) is 4.63. The molecule has 0 spiro atoms. The highest BCUT2D eigenvalue weighted by atomic mass is 19.1. The van der Waals surface area contributed by atoms with Crippen molar-refractivity contribution in [3.63, 3.8) is 0 Å². The summed E-state index contributed by atoms with van der Waals surface area (Å²) in [5.74, 6) is -0.203. The van der Waals surface area contributed by atoms with Crippen molar-refractivity contribution in [3.05, 3.63) is 77.9 Å². The number of hydrogen-bond donors (Lipinski definition) is 1. The highest BCUT2D eigenvalue weighted by Crippen LogP contribution is 2.32. The normalized spacial score (nSPS) is 16.7. The molecule has 128 valence electrons. The van der Waals surface area contributed by atoms with E-state index in [1.165, 1.54) is 6.07 Å². The number of aromatic nitrogens is 2. The summed E-state index contributed by atoms with van der Waals surface area (Å²) in [6, 6.07) is 15.1. The molecule has 5 heteroatoms. The smallest absolute Gasteiger partial charge is 0.131 e. The van der Waals surface area contributed by atoms with Crippen molar-refractivity contribution in [1.82, 2.24) is 15.1 Å². The van der Waals surface area contributed by atoms with Gasteiger partial charge in [-0.1, -0.05) is 36.4 Å². The Morgan fingerprint density at radius 1 is 1.04 bits per heavy atom. The largest absolute Gasteiger partial charge is 0.379 e. The quantitative estimate of drug-likeness (QED) is 0.790. The highest BCUT2D eigenvalue weighted by molar-refractivity contribution is 5.65. The second kappa shape index (κ2) is 7.17. The molecular weight excluding hydrogens is 317 g/mol. The molecule has 1 atom stereocenters. The Labute approximate surface area is 146 Å². The molecule has 1 N–H and O–H groups in total. The molecule has 3 aromatic rings. The second-order valence-electron chi connectivity index (χ2n) is 6.19. The van der Waals surface area contributed by atoms with Gasteiger partial charge in [0.05, 0.1) is 25.5 Å². The van der Waals surface area contributed by atoms with Crippen molar-refractivity contribution in [2.24, 2.45) is 0 Å². The number of aromatic amines is 1. The third kappa shape index (κ3) is 3.34. The Hall–Kier alpha value is -2.50. The van der Waals surface area contributed by atoms with Crippen molar-refractivity contribution >= 4 is 0 Å². The van der Waals surface area contributed by atoms with Crippen LogP contribution in [-0.4, -0.2) is 41.4 Å². The average Bonchev–Trinajstić information content (AvgIpc) is 3.18. The predicted octanol–water partition coefficient (Wildman–Crippen LogP) is 3.64. The summed E-state index contributed by atoms with van der Waals surface area (Å²) in [5, 5.41) is 7.02. The summed E-state index contributed by atoms with van der Waals surface area (Å²) in [7, 11) is 0. The average molecular weight is 337 g/mol. The van der Waals surface area contributed by atoms with Crippen molar-refractivity contribution in [2.45, 2.75) is 6.04 Å². The van der Waals surface area contributed by atoms with Gasteiger partial charge in [0.1, 0.15) is 5.82 Å². The number of halogens is 1. The van der Waals surface area contributed by atoms with E-state index in [1.807, 2.05) is 36.7 Å². The highest BCUT2D eigenvalue weighted by Gasteiger charge is 2.25. The minimum Gasteiger partial charge on any atom is -0.379 e. The van der Waals surface area contributed by atoms with Crippen LogP contribution in [0.4, 0.5) is 4.39 Å². The Morgan fingerprint density at radius 2 is 1.88 bits per heavy atom. The van der Waals surface area contributed by atoms with Gasteiger partial charge in [0.25, 0.3) is 0 Å². The van der Waals surface area contributed by atoms with E-state index >= 15 is 0 Å². The maximum Gasteiger partial charge on any atom is 0.131 e. The van der Waals surface area contributed by atoms with E-state index in [0.717, 1.165) is 43.0 Å². The van der Waals surface area contributed by atoms with Crippen LogP contribution < -0.4 is 0 Å². The van der Waals surface area contributed by atoms with Crippen LogP contribution in [0.3, 0.4) is 0 Å². The summed E-state index contributed by atoms with van der Waals surface area (Å²) in [6.45, 7) is 3.17. The molecule has 25 heavy (non-hydrogen) atoms. The predicted molar refractivity (Wildman–Crippen MR) is 94.7 cm³/mol. The molecule has 0 radical (unpaired) electrons. The molecule has 0 bridgehead atoms. The summed E-state index contributed by atoms with van der Waals surface area (Å²) >= 11 is 0. The Morgan fingerprint density at radius 3 is 2.64 bits per heavy atom. The molecule has 2 aromatic carbocycles. The number of benzene rings is 2. The summed E-state index contributed by atoms with van der Waals surface area (Å²) in [5.41, 5.74) is 3.74. The molecule has 0 saturated carbocycles. The Kier molecular flexibility index (Phi) is 4.59. The molecule has 4 rings (SSSR count). The van der Waals surface area contributed by atoms with E-state index in [1.54, 1.807) is 6.07 Å². The lowest BCUT2D eigenvalue weighted by molar-refractivity contribution is 0.0240. The van der Waals surface area contributed by atoms with Gasteiger partial charge >= 0.3 is 0 Å². The Balaban J connectivity index is 1.75. The lowest BCUT2D eigenvalue weighted by Crippen LogP contribution is -2.39. The molecule has 0 aliphatic carbocycles. The number of hydrogen-bond acceptors (Lipinski definition) is 3. The number of rotatable bonds is 4. The zero-order valence-electron chi connectivity index (χ0n) is 13.9. The van der Waals surface area contributed by atoms with Gasteiger partial charge in [-0.15, -0.1) is 0 Å². The van der Waals surface area contributed by atoms with Crippen molar-refractivity contribution in [3.8, 4) is 11.1 Å². The molecule has 1 saturated heterocycles. The zero-order chi connectivity index (χ0) is 17.1. The van der Waals surface area contributed by atoms with Gasteiger partial charge in [-0.05, 0) is 23.3 Å². The van der Waals surface area contributed by atoms with E-state index < -0.39 is 0 Å². The lowest BCUT2D eigenvalue weighted by atomic mass is 9.95. The number of H-pyrrole nitrogens is 1. The van der Waals surface area contributed by atoms with Gasteiger partial charge < -0.3 is 4.74 Å². The maximum absolute atomic E-state index is 14.2. The van der Waals surface area contributed by atoms with Crippen LogP contribution in [0.5, 0.6) is 0 Å². The molecule has 1 unspecified atom stereocenters. The molecule has 1 aromatic heterocycles. The van der Waals surface area contributed by atoms with Crippen LogP contribution in [0.25, 0.3) is 11.1 Å². The first-order valence-corrected chi connectivity index (χ1v) is 8.48. The van der Waals surface area contributed by atoms with E-state index in [0.29, 0.717) is 5.56 Å². The van der Waals surface area contributed by atoms with Crippen LogP contribution in [-0.2, 0) is 4.74 Å². The first-order chi connectivity index (χ1) is 12.3. The van der Waals surface area contributed by atoms with Crippen LogP contribution in [0.15, 0.2) is 60.9 Å². The van der Waals surface area contributed by atoms with Crippen LogP contribution in [0.2, 0.25) is 0 Å². The van der Waals surface area contributed by atoms with Gasteiger partial charge in [-0.3, -0.25) is 10.00 Å². The van der Waals surface area contributed by atoms with E-state index in [-0.39, 0.29) is 11.9 Å². The van der Waals surface area contributed by atoms with E-state index in [4.69, 9.17) is 4.74 Å². The molecule has 4 nitrogen and oxygen atoms in total. The first kappa shape index (κ1) is 16.0. The second-order valence-corrected chi connectivity index (χ2v) is 6.19. The minimum atomic E-state index is -0.203. The van der Waals surface area contributed by atoms with Gasteiger partial charge in [-0.25, -0.2) is 4.39 Å². The maximum atomic E-state index is 14.2. The van der Waals surface area contributed by atoms with Crippen molar-refractivity contribution in [1.29, 1.82) is 0 Å².